The van der Waals surface area contributed by atoms with Gasteiger partial charge in [-0.1, -0.05) is 154 Å². The number of amides is 6. The molecule has 0 aliphatic rings. The van der Waals surface area contributed by atoms with Crippen molar-refractivity contribution in [1.82, 2.24) is 36.9 Å². The van der Waals surface area contributed by atoms with Gasteiger partial charge in [0.15, 0.2) is 0 Å². The molecule has 1 aromatic heterocycles. The van der Waals surface area contributed by atoms with Gasteiger partial charge in [-0.25, -0.2) is 4.79 Å². The van der Waals surface area contributed by atoms with E-state index in [2.05, 4.69) is 36.9 Å². The molecule has 0 radical (unpaired) electrons. The maximum atomic E-state index is 14.6. The minimum atomic E-state index is -1.73. The Balaban J connectivity index is 1.59. The molecule has 0 unspecified atom stereocenters. The molecule has 0 saturated carbocycles. The lowest BCUT2D eigenvalue weighted by atomic mass is 9.83. The SMILES string of the molecule is CC[C@H](C)[C@H](NC(=O)[C@H](CC(=O)O)NC(=O)[C@H](CC(C)C)NC(=O)[C@@H](NC(=O)C(C)(C)C)C(c1ccccc1)c1ccccc1)C(=O)N[C@H](C(=O)N[C@@H](Cc1c[nH]c2ccccc12)C(=O)O)[C@@H](C)CC. The average molecular weight is 966 g/mol. The van der Waals surface area contributed by atoms with Gasteiger partial charge in [0.25, 0.3) is 0 Å². The first-order chi connectivity index (χ1) is 33.1. The number of aromatic amines is 1. The van der Waals surface area contributed by atoms with Gasteiger partial charge >= 0.3 is 11.9 Å². The zero-order chi connectivity index (χ0) is 51.9. The maximum absolute atomic E-state index is 14.6. The van der Waals surface area contributed by atoms with Crippen molar-refractivity contribution in [3.63, 3.8) is 0 Å². The fourth-order valence-electron chi connectivity index (χ4n) is 8.06. The van der Waals surface area contributed by atoms with Crippen LogP contribution in [0.5, 0.6) is 0 Å². The Morgan fingerprint density at radius 1 is 0.557 bits per heavy atom. The Morgan fingerprint density at radius 3 is 1.51 bits per heavy atom. The standard InChI is InChI=1S/C53H71N7O10/c1-10-31(5)43(48(65)57-40(51(68)69)27-35-29-54-37-25-19-18-24-36(35)37)59-49(66)44(32(6)11-2)58-47(64)39(28-41(61)62)55-46(63)38(26-30(3)4)56-50(67)45(60-52(70)53(7,8)9)42(33-20-14-12-15-21-33)34-22-16-13-17-23-34/h12-25,29-32,38-40,42-45,54H,10-11,26-28H2,1-9H3,(H,55,63)(H,56,67)(H,57,65)(H,58,64)(H,59,66)(H,60,70)(H,61,62)(H,68,69)/t31-,32-,38-,39-,40-,43-,44-,45-/m0/s1. The van der Waals surface area contributed by atoms with Crippen LogP contribution in [-0.4, -0.2) is 98.8 Å². The topological polar surface area (TPSA) is 265 Å². The highest BCUT2D eigenvalue weighted by atomic mass is 16.4. The highest BCUT2D eigenvalue weighted by Gasteiger charge is 2.39. The second-order valence-corrected chi connectivity index (χ2v) is 19.6. The highest BCUT2D eigenvalue weighted by Crippen LogP contribution is 2.30. The molecule has 0 aliphatic carbocycles. The lowest BCUT2D eigenvalue weighted by Crippen LogP contribution is -2.62. The summed E-state index contributed by atoms with van der Waals surface area (Å²) in [5.74, 6) is -9.24. The van der Waals surface area contributed by atoms with Crippen LogP contribution in [0.4, 0.5) is 0 Å². The van der Waals surface area contributed by atoms with Gasteiger partial charge in [0.2, 0.25) is 35.4 Å². The maximum Gasteiger partial charge on any atom is 0.326 e. The molecule has 0 aliphatic heterocycles. The molecular weight excluding hydrogens is 895 g/mol. The largest absolute Gasteiger partial charge is 0.481 e. The van der Waals surface area contributed by atoms with Crippen molar-refractivity contribution in [2.75, 3.05) is 0 Å². The number of hydrogen-bond acceptors (Lipinski definition) is 8. The van der Waals surface area contributed by atoms with Gasteiger partial charge in [0, 0.05) is 34.9 Å². The molecule has 3 aromatic carbocycles. The summed E-state index contributed by atoms with van der Waals surface area (Å²) in [5, 5.41) is 37.1. The molecule has 0 fully saturated rings. The third kappa shape index (κ3) is 15.5. The van der Waals surface area contributed by atoms with E-state index < -0.39 is 113 Å². The molecule has 17 heteroatoms. The summed E-state index contributed by atoms with van der Waals surface area (Å²) in [7, 11) is 0. The number of carbonyl (C=O) groups is 8. The predicted octanol–water partition coefficient (Wildman–Crippen LogP) is 5.20. The van der Waals surface area contributed by atoms with Gasteiger partial charge in [-0.2, -0.15) is 0 Å². The molecule has 8 atom stereocenters. The molecule has 4 rings (SSSR count). The first-order valence-corrected chi connectivity index (χ1v) is 24.0. The van der Waals surface area contributed by atoms with Crippen molar-refractivity contribution >= 4 is 58.3 Å². The molecular formula is C53H71N7O10. The van der Waals surface area contributed by atoms with Gasteiger partial charge < -0.3 is 47.1 Å². The van der Waals surface area contributed by atoms with Gasteiger partial charge in [-0.05, 0) is 46.9 Å². The Hall–Kier alpha value is -7.04. The van der Waals surface area contributed by atoms with E-state index in [1.165, 1.54) is 0 Å². The summed E-state index contributed by atoms with van der Waals surface area (Å²) in [6, 6.07) is 17.4. The molecule has 0 spiro atoms. The quantitative estimate of drug-likeness (QED) is 0.0420. The van der Waals surface area contributed by atoms with E-state index in [1.54, 1.807) is 54.7 Å². The smallest absolute Gasteiger partial charge is 0.326 e. The molecule has 9 N–H and O–H groups in total. The average Bonchev–Trinajstić information content (AvgIpc) is 3.73. The number of nitrogens with one attached hydrogen (secondary N) is 7. The number of carboxylic acid groups (broad SMARTS) is 2. The second kappa shape index (κ2) is 25.5. The predicted molar refractivity (Wildman–Crippen MR) is 266 cm³/mol. The number of benzene rings is 3. The second-order valence-electron chi connectivity index (χ2n) is 19.6. The van der Waals surface area contributed by atoms with E-state index in [4.69, 9.17) is 0 Å². The Bertz CT molecular complexity index is 2390. The van der Waals surface area contributed by atoms with E-state index in [-0.39, 0.29) is 18.8 Å². The van der Waals surface area contributed by atoms with Crippen LogP contribution in [0.3, 0.4) is 0 Å². The van der Waals surface area contributed by atoms with Crippen molar-refractivity contribution in [2.24, 2.45) is 23.2 Å². The van der Waals surface area contributed by atoms with Crippen molar-refractivity contribution in [3.05, 3.63) is 108 Å². The van der Waals surface area contributed by atoms with Crippen molar-refractivity contribution in [1.29, 1.82) is 0 Å². The fourth-order valence-corrected chi connectivity index (χ4v) is 8.06. The number of hydrogen-bond donors (Lipinski definition) is 9. The Morgan fingerprint density at radius 2 is 1.01 bits per heavy atom. The van der Waals surface area contributed by atoms with Crippen LogP contribution in [0, 0.1) is 23.2 Å². The van der Waals surface area contributed by atoms with Crippen molar-refractivity contribution < 1.29 is 48.6 Å². The highest BCUT2D eigenvalue weighted by molar-refractivity contribution is 5.98. The number of fused-ring (bicyclic) bond motifs is 1. The van der Waals surface area contributed by atoms with Gasteiger partial charge in [0.05, 0.1) is 6.42 Å². The van der Waals surface area contributed by atoms with E-state index >= 15 is 0 Å². The summed E-state index contributed by atoms with van der Waals surface area (Å²) in [4.78, 5) is 113. The molecule has 4 aromatic rings. The molecule has 0 saturated heterocycles. The summed E-state index contributed by atoms with van der Waals surface area (Å²) in [6.07, 6.45) is 1.55. The van der Waals surface area contributed by atoms with E-state index in [0.29, 0.717) is 29.5 Å². The molecule has 1 heterocycles. The lowest BCUT2D eigenvalue weighted by molar-refractivity contribution is -0.142. The molecule has 0 bridgehead atoms. The van der Waals surface area contributed by atoms with Crippen LogP contribution in [0.25, 0.3) is 10.9 Å². The first-order valence-electron chi connectivity index (χ1n) is 24.0. The van der Waals surface area contributed by atoms with Gasteiger partial charge in [-0.15, -0.1) is 0 Å². The zero-order valence-electron chi connectivity index (χ0n) is 41.6. The van der Waals surface area contributed by atoms with Crippen LogP contribution in [0.2, 0.25) is 0 Å². The number of carboxylic acids is 2. The van der Waals surface area contributed by atoms with Crippen LogP contribution in [0.1, 0.15) is 111 Å². The number of rotatable bonds is 25. The molecule has 6 amide bonds. The minimum absolute atomic E-state index is 0.0492. The first kappa shape index (κ1) is 55.6. The third-order valence-corrected chi connectivity index (χ3v) is 12.6. The van der Waals surface area contributed by atoms with Crippen molar-refractivity contribution in [3.8, 4) is 0 Å². The van der Waals surface area contributed by atoms with E-state index in [0.717, 1.165) is 10.9 Å². The summed E-state index contributed by atoms with van der Waals surface area (Å²) < 4.78 is 0. The normalized spacial score (nSPS) is 15.0. The summed E-state index contributed by atoms with van der Waals surface area (Å²) in [6.45, 7) is 15.7. The zero-order valence-corrected chi connectivity index (χ0v) is 41.6. The number of para-hydroxylation sites is 1. The minimum Gasteiger partial charge on any atom is -0.481 e. The number of carbonyl (C=O) groups excluding carboxylic acids is 6. The third-order valence-electron chi connectivity index (χ3n) is 12.6. The number of H-pyrrole nitrogens is 1. The lowest BCUT2D eigenvalue weighted by Gasteiger charge is -2.32. The van der Waals surface area contributed by atoms with Gasteiger partial charge in [0.1, 0.15) is 36.3 Å². The molecule has 17 nitrogen and oxygen atoms in total. The Kier molecular flexibility index (Phi) is 20.3. The monoisotopic (exact) mass is 966 g/mol. The Labute approximate surface area is 410 Å². The fraction of sp³-hybridized carbons (Fsp3) is 0.472. The van der Waals surface area contributed by atoms with Crippen LogP contribution >= 0.6 is 0 Å². The number of aromatic nitrogens is 1. The van der Waals surface area contributed by atoms with E-state index in [1.807, 2.05) is 98.8 Å². The summed E-state index contributed by atoms with van der Waals surface area (Å²) >= 11 is 0. The van der Waals surface area contributed by atoms with Crippen LogP contribution in [0.15, 0.2) is 91.1 Å². The van der Waals surface area contributed by atoms with E-state index in [9.17, 15) is 48.6 Å². The summed E-state index contributed by atoms with van der Waals surface area (Å²) in [5.41, 5.74) is 1.99. The number of aliphatic carboxylic acids is 2. The van der Waals surface area contributed by atoms with Crippen LogP contribution < -0.4 is 31.9 Å². The van der Waals surface area contributed by atoms with Crippen molar-refractivity contribution in [2.45, 2.75) is 137 Å². The molecule has 70 heavy (non-hydrogen) atoms. The molecule has 378 valence electrons. The van der Waals surface area contributed by atoms with Crippen LogP contribution in [-0.2, 0) is 44.8 Å². The van der Waals surface area contributed by atoms with Gasteiger partial charge in [-0.3, -0.25) is 33.6 Å².